The minimum absolute atomic E-state index is 0.206. The van der Waals surface area contributed by atoms with Crippen molar-refractivity contribution in [3.8, 4) is 17.0 Å². The summed E-state index contributed by atoms with van der Waals surface area (Å²) in [6.45, 7) is 9.63. The van der Waals surface area contributed by atoms with Crippen molar-refractivity contribution in [2.75, 3.05) is 11.5 Å². The van der Waals surface area contributed by atoms with Crippen LogP contribution in [0.4, 0.5) is 5.82 Å². The van der Waals surface area contributed by atoms with Crippen molar-refractivity contribution in [2.45, 2.75) is 40.7 Å². The Balaban J connectivity index is 1.54. The number of fused-ring (bicyclic) bond motifs is 1. The van der Waals surface area contributed by atoms with Crippen molar-refractivity contribution in [3.05, 3.63) is 95.3 Å². The second-order valence-corrected chi connectivity index (χ2v) is 9.66. The van der Waals surface area contributed by atoms with Crippen molar-refractivity contribution in [3.63, 3.8) is 0 Å². The SMILES string of the molecule is CCOC(=O)c1cn(-c2ccc(-c3cc4ncccc4o3)cc2)nc1N(C(=O)c1ccc(C)cc1C)C(C)C. The standard InChI is InChI=1S/C31H30N4O4/c1-6-38-31(37)25-18-34(23-12-10-22(11-13-23)28-17-26-27(39-28)8-7-15-32-26)33-29(25)35(19(2)3)30(36)24-14-9-20(4)16-21(24)5/h7-19H,6H2,1-5H3. The molecule has 0 aliphatic heterocycles. The molecular weight excluding hydrogens is 492 g/mol. The highest BCUT2D eigenvalue weighted by Gasteiger charge is 2.30. The molecule has 0 saturated carbocycles. The number of anilines is 1. The number of hydrogen-bond acceptors (Lipinski definition) is 6. The molecule has 0 saturated heterocycles. The molecule has 0 fully saturated rings. The molecule has 2 aromatic carbocycles. The Labute approximate surface area is 226 Å². The number of aryl methyl sites for hydroxylation is 2. The van der Waals surface area contributed by atoms with E-state index in [1.165, 1.54) is 0 Å². The topological polar surface area (TPSA) is 90.5 Å². The number of nitrogens with zero attached hydrogens (tertiary/aromatic N) is 4. The molecule has 5 aromatic rings. The molecule has 0 spiro atoms. The molecule has 0 aliphatic rings. The van der Waals surface area contributed by atoms with Gasteiger partial charge in [-0.3, -0.25) is 14.7 Å². The largest absolute Gasteiger partial charge is 0.462 e. The molecule has 1 amide bonds. The molecule has 0 bridgehead atoms. The Morgan fingerprint density at radius 2 is 1.79 bits per heavy atom. The molecule has 3 heterocycles. The van der Waals surface area contributed by atoms with Gasteiger partial charge in [0.25, 0.3) is 5.91 Å². The molecule has 0 N–H and O–H groups in total. The highest BCUT2D eigenvalue weighted by molar-refractivity contribution is 6.09. The van der Waals surface area contributed by atoms with Gasteiger partial charge in [0.2, 0.25) is 0 Å². The summed E-state index contributed by atoms with van der Waals surface area (Å²) in [5, 5.41) is 4.72. The molecule has 8 heteroatoms. The number of hydrogen-bond donors (Lipinski definition) is 0. The molecule has 39 heavy (non-hydrogen) atoms. The van der Waals surface area contributed by atoms with Gasteiger partial charge in [0, 0.05) is 35.6 Å². The monoisotopic (exact) mass is 522 g/mol. The van der Waals surface area contributed by atoms with Gasteiger partial charge in [-0.15, -0.1) is 5.10 Å². The molecule has 3 aromatic heterocycles. The van der Waals surface area contributed by atoms with Gasteiger partial charge in [-0.25, -0.2) is 9.48 Å². The lowest BCUT2D eigenvalue weighted by atomic mass is 10.0. The van der Waals surface area contributed by atoms with E-state index in [0.29, 0.717) is 17.0 Å². The van der Waals surface area contributed by atoms with Crippen LogP contribution in [0.15, 0.2) is 77.5 Å². The summed E-state index contributed by atoms with van der Waals surface area (Å²) in [6.07, 6.45) is 3.34. The zero-order valence-corrected chi connectivity index (χ0v) is 22.6. The normalized spacial score (nSPS) is 11.2. The number of carbonyl (C=O) groups excluding carboxylic acids is 2. The summed E-state index contributed by atoms with van der Waals surface area (Å²) < 4.78 is 12.9. The van der Waals surface area contributed by atoms with Crippen LogP contribution in [-0.2, 0) is 4.74 Å². The molecule has 8 nitrogen and oxygen atoms in total. The van der Waals surface area contributed by atoms with E-state index in [2.05, 4.69) is 4.98 Å². The number of esters is 1. The number of ether oxygens (including phenoxy) is 1. The van der Waals surface area contributed by atoms with E-state index < -0.39 is 5.97 Å². The van der Waals surface area contributed by atoms with Gasteiger partial charge in [0.05, 0.1) is 12.3 Å². The summed E-state index contributed by atoms with van der Waals surface area (Å²) in [6, 6.07) is 18.6. The van der Waals surface area contributed by atoms with Crippen LogP contribution >= 0.6 is 0 Å². The summed E-state index contributed by atoms with van der Waals surface area (Å²) in [7, 11) is 0. The molecule has 0 unspecified atom stereocenters. The van der Waals surface area contributed by atoms with Gasteiger partial charge in [-0.1, -0.05) is 17.7 Å². The molecule has 198 valence electrons. The first-order valence-electron chi connectivity index (χ1n) is 12.9. The quantitative estimate of drug-likeness (QED) is 0.226. The lowest BCUT2D eigenvalue weighted by molar-refractivity contribution is 0.0527. The Morgan fingerprint density at radius 1 is 1.03 bits per heavy atom. The third kappa shape index (κ3) is 5.05. The highest BCUT2D eigenvalue weighted by atomic mass is 16.5. The maximum absolute atomic E-state index is 13.8. The van der Waals surface area contributed by atoms with Gasteiger partial charge in [0.1, 0.15) is 16.8 Å². The number of furan rings is 1. The van der Waals surface area contributed by atoms with E-state index in [0.717, 1.165) is 27.8 Å². The summed E-state index contributed by atoms with van der Waals surface area (Å²) in [5.74, 6) is 0.186. The zero-order chi connectivity index (χ0) is 27.7. The van der Waals surface area contributed by atoms with E-state index in [1.807, 2.05) is 88.4 Å². The zero-order valence-electron chi connectivity index (χ0n) is 22.6. The fourth-order valence-electron chi connectivity index (χ4n) is 4.58. The lowest BCUT2D eigenvalue weighted by Gasteiger charge is -2.26. The maximum Gasteiger partial charge on any atom is 0.343 e. The van der Waals surface area contributed by atoms with Crippen molar-refractivity contribution in [1.29, 1.82) is 0 Å². The third-order valence-electron chi connectivity index (χ3n) is 6.47. The Bertz CT molecular complexity index is 1630. The summed E-state index contributed by atoms with van der Waals surface area (Å²) in [4.78, 5) is 32.7. The fourth-order valence-corrected chi connectivity index (χ4v) is 4.58. The van der Waals surface area contributed by atoms with Gasteiger partial charge in [-0.2, -0.15) is 0 Å². The van der Waals surface area contributed by atoms with Gasteiger partial charge < -0.3 is 9.15 Å². The molecule has 0 radical (unpaired) electrons. The average molecular weight is 523 g/mol. The molecule has 0 atom stereocenters. The highest BCUT2D eigenvalue weighted by Crippen LogP contribution is 2.29. The van der Waals surface area contributed by atoms with Crippen molar-refractivity contribution in [2.24, 2.45) is 0 Å². The number of benzene rings is 2. The smallest absolute Gasteiger partial charge is 0.343 e. The van der Waals surface area contributed by atoms with Crippen LogP contribution in [-0.4, -0.2) is 39.3 Å². The predicted octanol–water partition coefficient (Wildman–Crippen LogP) is 6.53. The minimum atomic E-state index is -0.538. The second-order valence-electron chi connectivity index (χ2n) is 9.66. The van der Waals surface area contributed by atoms with Crippen LogP contribution < -0.4 is 4.90 Å². The first-order valence-corrected chi connectivity index (χ1v) is 12.9. The number of carbonyl (C=O) groups is 2. The van der Waals surface area contributed by atoms with Crippen molar-refractivity contribution in [1.82, 2.24) is 14.8 Å². The number of pyridine rings is 1. The maximum atomic E-state index is 13.8. The van der Waals surface area contributed by atoms with Crippen LogP contribution in [0.25, 0.3) is 28.1 Å². The average Bonchev–Trinajstić information content (AvgIpc) is 3.54. The number of rotatable bonds is 7. The van der Waals surface area contributed by atoms with Crippen molar-refractivity contribution >= 4 is 28.8 Å². The van der Waals surface area contributed by atoms with E-state index in [4.69, 9.17) is 14.3 Å². The van der Waals surface area contributed by atoms with E-state index in [1.54, 1.807) is 28.9 Å². The lowest BCUT2D eigenvalue weighted by Crippen LogP contribution is -2.38. The van der Waals surface area contributed by atoms with E-state index >= 15 is 0 Å². The van der Waals surface area contributed by atoms with Crippen molar-refractivity contribution < 1.29 is 18.7 Å². The predicted molar refractivity (Wildman–Crippen MR) is 150 cm³/mol. The fraction of sp³-hybridized carbons (Fsp3) is 0.226. The van der Waals surface area contributed by atoms with Crippen LogP contribution in [0.2, 0.25) is 0 Å². The van der Waals surface area contributed by atoms with E-state index in [9.17, 15) is 9.59 Å². The number of aromatic nitrogens is 3. The third-order valence-corrected chi connectivity index (χ3v) is 6.47. The molecule has 0 aliphatic carbocycles. The minimum Gasteiger partial charge on any atom is -0.462 e. The molecule has 5 rings (SSSR count). The van der Waals surface area contributed by atoms with Crippen LogP contribution in [0, 0.1) is 13.8 Å². The Kier molecular flexibility index (Phi) is 7.02. The summed E-state index contributed by atoms with van der Waals surface area (Å²) in [5.41, 5.74) is 5.80. The molecular formula is C31H30N4O4. The van der Waals surface area contributed by atoms with Gasteiger partial charge in [0.15, 0.2) is 11.4 Å². The van der Waals surface area contributed by atoms with E-state index in [-0.39, 0.29) is 29.9 Å². The van der Waals surface area contributed by atoms with Gasteiger partial charge in [-0.05, 0) is 82.6 Å². The number of amides is 1. The van der Waals surface area contributed by atoms with Crippen LogP contribution in [0.1, 0.15) is 52.6 Å². The van der Waals surface area contributed by atoms with Crippen LogP contribution in [0.5, 0.6) is 0 Å². The Morgan fingerprint density at radius 3 is 2.46 bits per heavy atom. The second kappa shape index (κ2) is 10.6. The van der Waals surface area contributed by atoms with Gasteiger partial charge >= 0.3 is 5.97 Å². The Hall–Kier alpha value is -4.72. The first-order chi connectivity index (χ1) is 18.8. The first kappa shape index (κ1) is 25.9. The van der Waals surface area contributed by atoms with Crippen LogP contribution in [0.3, 0.4) is 0 Å². The summed E-state index contributed by atoms with van der Waals surface area (Å²) >= 11 is 0.